The Balaban J connectivity index is 9.67. The highest BCUT2D eigenvalue weighted by Gasteiger charge is 2.68. The van der Waals surface area contributed by atoms with Gasteiger partial charge in [0.25, 0.3) is 0 Å². The van der Waals surface area contributed by atoms with Crippen molar-refractivity contribution in [3.63, 3.8) is 0 Å². The molecule has 0 rings (SSSR count). The lowest BCUT2D eigenvalue weighted by Crippen LogP contribution is -2.63. The Bertz CT molecular complexity index is 1480. The van der Waals surface area contributed by atoms with Gasteiger partial charge in [-0.15, -0.1) is 0 Å². The third-order valence-corrected chi connectivity index (χ3v) is 26.3. The van der Waals surface area contributed by atoms with Gasteiger partial charge in [0.05, 0.1) is 5.41 Å². The van der Waals surface area contributed by atoms with E-state index in [1.165, 1.54) is 514 Å². The van der Waals surface area contributed by atoms with Gasteiger partial charge in [-0.2, -0.15) is 0 Å². The van der Waals surface area contributed by atoms with Crippen molar-refractivity contribution >= 4 is 5.97 Å². The van der Waals surface area contributed by atoms with Gasteiger partial charge in [-0.1, -0.05) is 544 Å². The molecule has 0 saturated heterocycles. The predicted molar refractivity (Wildman–Crippen MR) is 456 cm³/mol. The molecule has 0 atom stereocenters. The van der Waals surface area contributed by atoms with E-state index in [-0.39, 0.29) is 22.2 Å². The van der Waals surface area contributed by atoms with E-state index in [1.54, 1.807) is 0 Å². The van der Waals surface area contributed by atoms with E-state index in [2.05, 4.69) is 62.3 Å². The van der Waals surface area contributed by atoms with E-state index in [0.717, 1.165) is 25.7 Å². The van der Waals surface area contributed by atoms with E-state index >= 15 is 4.79 Å². The van der Waals surface area contributed by atoms with Gasteiger partial charge in [-0.25, -0.2) is 0 Å². The molecule has 0 fully saturated rings. The molecule has 0 aliphatic rings. The third-order valence-electron chi connectivity index (χ3n) is 26.3. The molecule has 2 heteroatoms. The van der Waals surface area contributed by atoms with E-state index in [1.807, 2.05) is 0 Å². The summed E-state index contributed by atoms with van der Waals surface area (Å²) >= 11 is 0. The average Bonchev–Trinajstić information content (AvgIpc) is 0.693. The molecule has 0 aromatic rings. The van der Waals surface area contributed by atoms with Gasteiger partial charge in [-0.3, -0.25) is 4.79 Å². The minimum atomic E-state index is -0.707. The van der Waals surface area contributed by atoms with Crippen LogP contribution in [0.3, 0.4) is 0 Å². The smallest absolute Gasteiger partial charge is 0.310 e. The third kappa shape index (κ3) is 50.2. The van der Waals surface area contributed by atoms with Crippen molar-refractivity contribution in [2.75, 3.05) is 0 Å². The van der Waals surface area contributed by atoms with Crippen molar-refractivity contribution in [2.24, 2.45) is 21.7 Å². The monoisotopic (exact) mass is 1410 g/mol. The van der Waals surface area contributed by atoms with Crippen molar-refractivity contribution in [2.45, 2.75) is 602 Å². The fourth-order valence-electron chi connectivity index (χ4n) is 20.0. The first-order valence-corrected chi connectivity index (χ1v) is 48.5. The van der Waals surface area contributed by atoms with Crippen LogP contribution in [0.25, 0.3) is 0 Å². The predicted octanol–water partition coefficient (Wildman–Crippen LogP) is 37.0. The second kappa shape index (κ2) is 76.7. The van der Waals surface area contributed by atoms with Crippen LogP contribution in [-0.4, -0.2) is 11.1 Å². The summed E-state index contributed by atoms with van der Waals surface area (Å²) in [4.78, 5) is 16.7. The van der Waals surface area contributed by atoms with Crippen LogP contribution in [0.15, 0.2) is 0 Å². The second-order valence-corrected chi connectivity index (χ2v) is 34.9. The number of unbranched alkanes of at least 4 members (excludes halogenated alkanes) is 66. The largest absolute Gasteiger partial charge is 0.481 e. The zero-order chi connectivity index (χ0) is 73.0. The number of rotatable bonds is 88. The molecule has 0 aliphatic carbocycles. The quantitative estimate of drug-likeness (QED) is 0.0616. The van der Waals surface area contributed by atoms with Gasteiger partial charge in [0.2, 0.25) is 0 Å². The highest BCUT2D eigenvalue weighted by molar-refractivity contribution is 5.76. The summed E-state index contributed by atoms with van der Waals surface area (Å²) in [6.45, 7) is 21.4. The summed E-state index contributed by atoms with van der Waals surface area (Å²) in [5, 5.41) is 13.7. The summed E-state index contributed by atoms with van der Waals surface area (Å²) in [5.74, 6) is -0.295. The van der Waals surface area contributed by atoms with Crippen LogP contribution in [0.1, 0.15) is 602 Å². The molecular weight excluding hydrogens is 1210 g/mol. The SMILES string of the molecule is CCCCCCCCCCCCCC(CCCCCCCCCC)(CCCCCCCCCC)C(CCCCCCCCCC)(CCCCCCCCCC)C(CCCCCCCCCC)(CCCCCCCCCC)C(CCCCCCCCCC)(CCCCCCCCCC)C(=O)O. The van der Waals surface area contributed by atoms with Gasteiger partial charge < -0.3 is 5.11 Å². The molecule has 0 aromatic carbocycles. The molecule has 600 valence electrons. The Morgan fingerprint density at radius 1 is 0.160 bits per heavy atom. The van der Waals surface area contributed by atoms with Crippen LogP contribution in [0.5, 0.6) is 0 Å². The van der Waals surface area contributed by atoms with Crippen molar-refractivity contribution in [3.8, 4) is 0 Å². The summed E-state index contributed by atoms with van der Waals surface area (Å²) in [7, 11) is 0. The Labute approximate surface area is 635 Å². The van der Waals surface area contributed by atoms with Crippen LogP contribution < -0.4 is 0 Å². The van der Waals surface area contributed by atoms with Crippen LogP contribution in [0.4, 0.5) is 0 Å². The molecule has 0 aliphatic heterocycles. The summed E-state index contributed by atoms with van der Waals surface area (Å²) in [6.07, 6.45) is 113. The van der Waals surface area contributed by atoms with Crippen molar-refractivity contribution in [3.05, 3.63) is 0 Å². The fourth-order valence-corrected chi connectivity index (χ4v) is 20.0. The number of aliphatic carboxylic acids is 1. The molecule has 0 heterocycles. The Hall–Kier alpha value is -0.530. The lowest BCUT2D eigenvalue weighted by molar-refractivity contribution is -0.215. The molecule has 100 heavy (non-hydrogen) atoms. The van der Waals surface area contributed by atoms with Gasteiger partial charge in [0.15, 0.2) is 0 Å². The molecule has 0 amide bonds. The van der Waals surface area contributed by atoms with E-state index in [9.17, 15) is 5.11 Å². The summed E-state index contributed by atoms with van der Waals surface area (Å²) < 4.78 is 0. The Morgan fingerprint density at radius 2 is 0.280 bits per heavy atom. The van der Waals surface area contributed by atoms with E-state index in [4.69, 9.17) is 0 Å². The molecule has 0 saturated carbocycles. The highest BCUT2D eigenvalue weighted by Crippen LogP contribution is 2.74. The number of hydrogen-bond donors (Lipinski definition) is 1. The van der Waals surface area contributed by atoms with Gasteiger partial charge >= 0.3 is 5.97 Å². The number of carbonyl (C=O) groups is 1. The maximum Gasteiger partial charge on any atom is 0.310 e. The molecule has 0 aromatic heterocycles. The maximum atomic E-state index is 16.7. The maximum absolute atomic E-state index is 16.7. The van der Waals surface area contributed by atoms with E-state index in [0.29, 0.717) is 0 Å². The average molecular weight is 1410 g/mol. The fraction of sp³-hybridized carbons (Fsp3) is 0.990. The normalized spacial score (nSPS) is 12.5. The molecule has 1 N–H and O–H groups in total. The first kappa shape index (κ1) is 99.5. The zero-order valence-corrected chi connectivity index (χ0v) is 71.8. The Kier molecular flexibility index (Phi) is 76.3. The van der Waals surface area contributed by atoms with Crippen LogP contribution >= 0.6 is 0 Å². The molecule has 0 spiro atoms. The minimum absolute atomic E-state index is 0.00783. The second-order valence-electron chi connectivity index (χ2n) is 34.9. The highest BCUT2D eigenvalue weighted by atomic mass is 16.4. The lowest BCUT2D eigenvalue weighted by atomic mass is 9.35. The molecule has 0 bridgehead atoms. The first-order valence-electron chi connectivity index (χ1n) is 48.5. The Morgan fingerprint density at radius 3 is 0.430 bits per heavy atom. The summed E-state index contributed by atoms with van der Waals surface area (Å²) in [5.41, 5.74) is -0.801. The van der Waals surface area contributed by atoms with Crippen LogP contribution in [-0.2, 0) is 4.79 Å². The molecule has 0 unspecified atom stereocenters. The van der Waals surface area contributed by atoms with E-state index < -0.39 is 5.41 Å². The van der Waals surface area contributed by atoms with Gasteiger partial charge in [0.1, 0.15) is 0 Å². The summed E-state index contributed by atoms with van der Waals surface area (Å²) in [6, 6.07) is 0. The molecule has 0 radical (unpaired) electrons. The zero-order valence-electron chi connectivity index (χ0n) is 71.8. The van der Waals surface area contributed by atoms with Crippen LogP contribution in [0, 0.1) is 21.7 Å². The van der Waals surface area contributed by atoms with Gasteiger partial charge in [-0.05, 0) is 74.0 Å². The number of carboxylic acids is 1. The number of carboxylic acid groups (broad SMARTS) is 1. The van der Waals surface area contributed by atoms with Gasteiger partial charge in [0, 0.05) is 0 Å². The molecule has 2 nitrogen and oxygen atoms in total. The standard InChI is InChI=1S/C98H196O2/c1-10-19-28-37-46-55-56-57-60-69-78-87-95(85-76-67-58-47-38-29-20-11-2,86-77-68-59-48-39-30-21-12-3)97(90-81-72-63-51-42-33-24-15-6,91-82-73-64-52-43-34-25-16-7)98(92-83-74-65-53-44-35-26-17-8,93-84-75-66-54-45-36-27-18-9)96(94(99)100,88-79-70-61-49-40-31-22-13-4)89-80-71-62-50-41-32-23-14-5/h10-93H2,1-9H3,(H,99,100). The minimum Gasteiger partial charge on any atom is -0.481 e. The molecular formula is C98H196O2. The first-order chi connectivity index (χ1) is 49.2. The van der Waals surface area contributed by atoms with Crippen molar-refractivity contribution in [1.82, 2.24) is 0 Å². The lowest BCUT2D eigenvalue weighted by Gasteiger charge is -2.68. The van der Waals surface area contributed by atoms with Crippen molar-refractivity contribution in [1.29, 1.82) is 0 Å². The van der Waals surface area contributed by atoms with Crippen LogP contribution in [0.2, 0.25) is 0 Å². The number of hydrogen-bond acceptors (Lipinski definition) is 1. The van der Waals surface area contributed by atoms with Crippen molar-refractivity contribution < 1.29 is 9.90 Å². The topological polar surface area (TPSA) is 37.3 Å².